The molecule has 82 valence electrons. The molecule has 3 heteroatoms. The number of hydrogen-bond donors (Lipinski definition) is 1. The van der Waals surface area contributed by atoms with Crippen molar-refractivity contribution >= 4 is 17.3 Å². The fraction of sp³-hybridized carbons (Fsp3) is 0.333. The molecule has 1 aromatic rings. The molecule has 1 aromatic carbocycles. The van der Waals surface area contributed by atoms with Crippen LogP contribution in [0.4, 0.5) is 5.69 Å². The second-order valence-electron chi connectivity index (χ2n) is 3.67. The largest absolute Gasteiger partial charge is 0.370 e. The summed E-state index contributed by atoms with van der Waals surface area (Å²) in [5.41, 5.74) is 7.83. The van der Waals surface area contributed by atoms with Crippen LogP contribution < -0.4 is 10.6 Å². The van der Waals surface area contributed by atoms with Crippen molar-refractivity contribution in [2.45, 2.75) is 13.0 Å². The van der Waals surface area contributed by atoms with E-state index in [9.17, 15) is 0 Å². The van der Waals surface area contributed by atoms with E-state index in [-0.39, 0.29) is 6.04 Å². The van der Waals surface area contributed by atoms with Gasteiger partial charge in [0.2, 0.25) is 0 Å². The van der Waals surface area contributed by atoms with Crippen molar-refractivity contribution in [2.24, 2.45) is 5.73 Å². The molecule has 0 aliphatic rings. The van der Waals surface area contributed by atoms with Crippen LogP contribution in [0.3, 0.4) is 0 Å². The number of hydrogen-bond acceptors (Lipinski definition) is 2. The van der Waals surface area contributed by atoms with E-state index in [1.54, 1.807) is 0 Å². The van der Waals surface area contributed by atoms with Crippen molar-refractivity contribution in [3.63, 3.8) is 0 Å². The van der Waals surface area contributed by atoms with Gasteiger partial charge in [0.25, 0.3) is 0 Å². The van der Waals surface area contributed by atoms with Gasteiger partial charge in [-0.2, -0.15) is 0 Å². The molecule has 0 saturated heterocycles. The summed E-state index contributed by atoms with van der Waals surface area (Å²) in [6, 6.07) is 5.93. The highest BCUT2D eigenvalue weighted by Crippen LogP contribution is 2.27. The Morgan fingerprint density at radius 1 is 1.60 bits per heavy atom. The van der Waals surface area contributed by atoms with Gasteiger partial charge in [0.15, 0.2) is 0 Å². The van der Waals surface area contributed by atoms with Crippen LogP contribution in [0.1, 0.15) is 18.5 Å². The third kappa shape index (κ3) is 2.98. The summed E-state index contributed by atoms with van der Waals surface area (Å²) in [5.74, 6) is 0. The summed E-state index contributed by atoms with van der Waals surface area (Å²) >= 11 is 6.17. The lowest BCUT2D eigenvalue weighted by Crippen LogP contribution is -2.17. The van der Waals surface area contributed by atoms with Crippen molar-refractivity contribution < 1.29 is 0 Å². The quantitative estimate of drug-likeness (QED) is 0.797. The van der Waals surface area contributed by atoms with E-state index < -0.39 is 0 Å². The molecule has 0 heterocycles. The molecule has 0 aromatic heterocycles. The highest BCUT2D eigenvalue weighted by atomic mass is 35.5. The second-order valence-corrected chi connectivity index (χ2v) is 4.08. The van der Waals surface area contributed by atoms with Gasteiger partial charge in [-0.1, -0.05) is 23.7 Å². The van der Waals surface area contributed by atoms with Gasteiger partial charge in [-0.3, -0.25) is 0 Å². The summed E-state index contributed by atoms with van der Waals surface area (Å²) in [7, 11) is 1.98. The first-order valence-electron chi connectivity index (χ1n) is 4.93. The van der Waals surface area contributed by atoms with Gasteiger partial charge in [0.05, 0.1) is 10.7 Å². The second kappa shape index (κ2) is 5.19. The molecule has 1 atom stereocenters. The Hall–Kier alpha value is -0.990. The SMILES string of the molecule is C=CCN(C)c1ccc([C@H](C)N)cc1Cl. The Balaban J connectivity index is 2.97. The zero-order valence-electron chi connectivity index (χ0n) is 9.20. The maximum Gasteiger partial charge on any atom is 0.0642 e. The molecule has 15 heavy (non-hydrogen) atoms. The number of nitrogens with zero attached hydrogens (tertiary/aromatic N) is 1. The first-order valence-corrected chi connectivity index (χ1v) is 5.31. The molecule has 0 spiro atoms. The third-order valence-electron chi connectivity index (χ3n) is 2.31. The minimum absolute atomic E-state index is 0.0151. The van der Waals surface area contributed by atoms with Gasteiger partial charge in [-0.15, -0.1) is 6.58 Å². The van der Waals surface area contributed by atoms with Crippen LogP contribution in [0.2, 0.25) is 5.02 Å². The maximum absolute atomic E-state index is 6.17. The van der Waals surface area contributed by atoms with Crippen LogP contribution in [0.5, 0.6) is 0 Å². The normalized spacial score (nSPS) is 12.3. The molecule has 0 unspecified atom stereocenters. The fourth-order valence-electron chi connectivity index (χ4n) is 1.41. The Labute approximate surface area is 96.3 Å². The number of nitrogens with two attached hydrogens (primary N) is 1. The molecule has 0 aliphatic carbocycles. The predicted octanol–water partition coefficient (Wildman–Crippen LogP) is 2.98. The zero-order valence-corrected chi connectivity index (χ0v) is 9.96. The molecule has 0 radical (unpaired) electrons. The maximum atomic E-state index is 6.17. The summed E-state index contributed by atoms with van der Waals surface area (Å²) in [6.45, 7) is 6.42. The molecular weight excluding hydrogens is 208 g/mol. The minimum Gasteiger partial charge on any atom is -0.370 e. The molecule has 0 fully saturated rings. The van der Waals surface area contributed by atoms with Crippen molar-refractivity contribution in [3.8, 4) is 0 Å². The standard InChI is InChI=1S/C12H17ClN2/c1-4-7-15(3)12-6-5-10(9(2)14)8-11(12)13/h4-6,8-9H,1,7,14H2,2-3H3/t9-/m0/s1. The van der Waals surface area contributed by atoms with Crippen LogP contribution in [-0.2, 0) is 0 Å². The van der Waals surface area contributed by atoms with Crippen molar-refractivity contribution in [3.05, 3.63) is 41.4 Å². The molecule has 0 aliphatic heterocycles. The Morgan fingerprint density at radius 3 is 2.73 bits per heavy atom. The first kappa shape index (κ1) is 12.1. The summed E-state index contributed by atoms with van der Waals surface area (Å²) in [6.07, 6.45) is 1.84. The molecule has 1 rings (SSSR count). The van der Waals surface area contributed by atoms with Gasteiger partial charge >= 0.3 is 0 Å². The van der Waals surface area contributed by atoms with Gasteiger partial charge < -0.3 is 10.6 Å². The minimum atomic E-state index is 0.0151. The number of halogens is 1. The Bertz CT molecular complexity index is 347. The molecule has 2 nitrogen and oxygen atoms in total. The lowest BCUT2D eigenvalue weighted by atomic mass is 10.1. The summed E-state index contributed by atoms with van der Waals surface area (Å²) in [5, 5.41) is 0.731. The molecule has 2 N–H and O–H groups in total. The number of likely N-dealkylation sites (N-methyl/N-ethyl adjacent to an activating group) is 1. The van der Waals surface area contributed by atoms with Crippen LogP contribution >= 0.6 is 11.6 Å². The van der Waals surface area contributed by atoms with Gasteiger partial charge in [0, 0.05) is 19.6 Å². The number of rotatable bonds is 4. The summed E-state index contributed by atoms with van der Waals surface area (Å²) in [4.78, 5) is 2.04. The van der Waals surface area contributed by atoms with E-state index in [0.29, 0.717) is 0 Å². The van der Waals surface area contributed by atoms with Crippen molar-refractivity contribution in [1.29, 1.82) is 0 Å². The van der Waals surface area contributed by atoms with Crippen LogP contribution in [0, 0.1) is 0 Å². The van der Waals surface area contributed by atoms with Crippen LogP contribution in [0.15, 0.2) is 30.9 Å². The number of benzene rings is 1. The monoisotopic (exact) mass is 224 g/mol. The van der Waals surface area contributed by atoms with Gasteiger partial charge in [-0.05, 0) is 24.6 Å². The van der Waals surface area contributed by atoms with Crippen LogP contribution in [0.25, 0.3) is 0 Å². The van der Waals surface area contributed by atoms with E-state index in [4.69, 9.17) is 17.3 Å². The first-order chi connectivity index (χ1) is 7.06. The highest BCUT2D eigenvalue weighted by molar-refractivity contribution is 6.33. The lowest BCUT2D eigenvalue weighted by molar-refractivity contribution is 0.818. The third-order valence-corrected chi connectivity index (χ3v) is 2.61. The zero-order chi connectivity index (χ0) is 11.4. The molecule has 0 amide bonds. The van der Waals surface area contributed by atoms with E-state index in [1.165, 1.54) is 0 Å². The molecule has 0 bridgehead atoms. The van der Waals surface area contributed by atoms with E-state index in [2.05, 4.69) is 6.58 Å². The van der Waals surface area contributed by atoms with Gasteiger partial charge in [0.1, 0.15) is 0 Å². The van der Waals surface area contributed by atoms with E-state index in [0.717, 1.165) is 22.8 Å². The summed E-state index contributed by atoms with van der Waals surface area (Å²) < 4.78 is 0. The Kier molecular flexibility index (Phi) is 4.18. The lowest BCUT2D eigenvalue weighted by Gasteiger charge is -2.19. The number of anilines is 1. The van der Waals surface area contributed by atoms with Crippen LogP contribution in [-0.4, -0.2) is 13.6 Å². The fourth-order valence-corrected chi connectivity index (χ4v) is 1.74. The highest BCUT2D eigenvalue weighted by Gasteiger charge is 2.07. The topological polar surface area (TPSA) is 29.3 Å². The predicted molar refractivity (Wildman–Crippen MR) is 67.5 cm³/mol. The average Bonchev–Trinajstić information content (AvgIpc) is 2.17. The molecule has 0 saturated carbocycles. The Morgan fingerprint density at radius 2 is 2.27 bits per heavy atom. The average molecular weight is 225 g/mol. The smallest absolute Gasteiger partial charge is 0.0642 e. The van der Waals surface area contributed by atoms with E-state index in [1.807, 2.05) is 43.1 Å². The van der Waals surface area contributed by atoms with E-state index >= 15 is 0 Å². The molecular formula is C12H17ClN2. The van der Waals surface area contributed by atoms with Gasteiger partial charge in [-0.25, -0.2) is 0 Å². The van der Waals surface area contributed by atoms with Crippen molar-refractivity contribution in [2.75, 3.05) is 18.5 Å². The van der Waals surface area contributed by atoms with Crippen molar-refractivity contribution in [1.82, 2.24) is 0 Å².